The van der Waals surface area contributed by atoms with Crippen LogP contribution in [0.4, 0.5) is 0 Å². The lowest BCUT2D eigenvalue weighted by atomic mass is 10.1. The molecule has 1 N–H and O–H groups in total. The number of quaternary nitrogens is 1. The van der Waals surface area contributed by atoms with Crippen LogP contribution >= 0.6 is 7.82 Å². The molecule has 0 aliphatic carbocycles. The van der Waals surface area contributed by atoms with Crippen LogP contribution in [0.2, 0.25) is 0 Å². The highest BCUT2D eigenvalue weighted by Gasteiger charge is 2.27. The fraction of sp³-hybridized carbons (Fsp3) is 0.773. The van der Waals surface area contributed by atoms with Crippen molar-refractivity contribution in [2.75, 3.05) is 47.5 Å². The highest BCUT2D eigenvalue weighted by atomic mass is 31.2. The smallest absolute Gasteiger partial charge is 0.462 e. The van der Waals surface area contributed by atoms with Crippen LogP contribution in [0.5, 0.6) is 0 Å². The van der Waals surface area contributed by atoms with Crippen LogP contribution in [0.15, 0.2) is 48.6 Å². The van der Waals surface area contributed by atoms with Crippen LogP contribution in [0.25, 0.3) is 0 Å². The van der Waals surface area contributed by atoms with Crippen LogP contribution in [0.1, 0.15) is 168 Å². The number of rotatable bonds is 38. The second kappa shape index (κ2) is 36.6. The van der Waals surface area contributed by atoms with E-state index in [2.05, 4.69) is 62.5 Å². The molecule has 9 nitrogen and oxygen atoms in total. The molecule has 0 heterocycles. The number of likely N-dealkylation sites (N-methyl/N-ethyl adjacent to an activating group) is 1. The van der Waals surface area contributed by atoms with E-state index < -0.39 is 32.5 Å². The Bertz CT molecular complexity index is 1070. The number of carbonyl (C=O) groups is 2. The third kappa shape index (κ3) is 39.7. The highest BCUT2D eigenvalue weighted by molar-refractivity contribution is 7.47. The zero-order chi connectivity index (χ0) is 40.0. The maximum atomic E-state index is 12.7. The molecule has 0 saturated carbocycles. The Morgan fingerprint density at radius 2 is 1.00 bits per heavy atom. The molecule has 2 atom stereocenters. The summed E-state index contributed by atoms with van der Waals surface area (Å²) in [6, 6.07) is 0. The van der Waals surface area contributed by atoms with Gasteiger partial charge in [-0.05, 0) is 77.0 Å². The maximum Gasteiger partial charge on any atom is 0.472 e. The summed E-state index contributed by atoms with van der Waals surface area (Å²) in [4.78, 5) is 35.3. The van der Waals surface area contributed by atoms with E-state index in [1.54, 1.807) is 0 Å². The van der Waals surface area contributed by atoms with Gasteiger partial charge in [0.2, 0.25) is 0 Å². The van der Waals surface area contributed by atoms with Gasteiger partial charge in [0.05, 0.1) is 27.7 Å². The summed E-state index contributed by atoms with van der Waals surface area (Å²) in [6.45, 7) is 4.32. The van der Waals surface area contributed by atoms with E-state index in [1.165, 1.54) is 70.6 Å². The lowest BCUT2D eigenvalue weighted by Crippen LogP contribution is -2.37. The van der Waals surface area contributed by atoms with Gasteiger partial charge in [0.15, 0.2) is 6.10 Å². The van der Waals surface area contributed by atoms with Crippen LogP contribution in [-0.2, 0) is 32.7 Å². The minimum absolute atomic E-state index is 0.0235. The molecular formula is C44H81NO8P+. The number of hydrogen-bond donors (Lipinski definition) is 1. The van der Waals surface area contributed by atoms with E-state index in [9.17, 15) is 19.0 Å². The summed E-state index contributed by atoms with van der Waals surface area (Å²) in [6.07, 6.45) is 41.5. The molecule has 54 heavy (non-hydrogen) atoms. The quantitative estimate of drug-likeness (QED) is 0.0217. The Balaban J connectivity index is 4.46. The maximum absolute atomic E-state index is 12.7. The third-order valence-electron chi connectivity index (χ3n) is 8.83. The molecule has 0 saturated heterocycles. The molecule has 0 aliphatic rings. The van der Waals surface area contributed by atoms with Crippen molar-refractivity contribution in [1.82, 2.24) is 0 Å². The monoisotopic (exact) mass is 783 g/mol. The van der Waals surface area contributed by atoms with Gasteiger partial charge < -0.3 is 18.9 Å². The summed E-state index contributed by atoms with van der Waals surface area (Å²) in [5, 5.41) is 0. The van der Waals surface area contributed by atoms with Gasteiger partial charge in [-0.3, -0.25) is 18.6 Å². The second-order valence-corrected chi connectivity index (χ2v) is 16.8. The lowest BCUT2D eigenvalue weighted by molar-refractivity contribution is -0.870. The first-order chi connectivity index (χ1) is 26.0. The Morgan fingerprint density at radius 3 is 1.57 bits per heavy atom. The topological polar surface area (TPSA) is 108 Å². The van der Waals surface area contributed by atoms with Crippen molar-refractivity contribution in [3.63, 3.8) is 0 Å². The van der Waals surface area contributed by atoms with Gasteiger partial charge >= 0.3 is 19.8 Å². The van der Waals surface area contributed by atoms with Crippen molar-refractivity contribution in [2.24, 2.45) is 0 Å². The first kappa shape index (κ1) is 52.0. The van der Waals surface area contributed by atoms with Crippen molar-refractivity contribution in [3.05, 3.63) is 48.6 Å². The number of unbranched alkanes of at least 4 members (excludes halogenated alkanes) is 16. The third-order valence-corrected chi connectivity index (χ3v) is 9.82. The molecular weight excluding hydrogens is 701 g/mol. The Kier molecular flexibility index (Phi) is 35.2. The zero-order valence-electron chi connectivity index (χ0n) is 35.2. The molecule has 0 aromatic heterocycles. The number of nitrogens with zero attached hydrogens (tertiary/aromatic N) is 1. The normalized spacial score (nSPS) is 14.1. The van der Waals surface area contributed by atoms with Crippen molar-refractivity contribution in [2.45, 2.75) is 174 Å². The predicted molar refractivity (Wildman–Crippen MR) is 224 cm³/mol. The first-order valence-electron chi connectivity index (χ1n) is 21.4. The van der Waals surface area contributed by atoms with Crippen LogP contribution < -0.4 is 0 Å². The predicted octanol–water partition coefficient (Wildman–Crippen LogP) is 11.9. The average Bonchev–Trinajstić information content (AvgIpc) is 3.12. The summed E-state index contributed by atoms with van der Waals surface area (Å²) in [7, 11) is 1.45. The SMILES string of the molecule is CCCCC/C=C\C/C=C\C/C=C\CCCCC(=O)OC[C@H](COP(=O)(O)OCC[N+](C)(C)C)OC(=O)CCCCCCCCC/C=C\CCCCCC. The molecule has 10 heteroatoms. The minimum Gasteiger partial charge on any atom is -0.462 e. The number of phosphoric ester groups is 1. The van der Waals surface area contributed by atoms with Crippen molar-refractivity contribution < 1.29 is 42.1 Å². The van der Waals surface area contributed by atoms with Gasteiger partial charge in [0.1, 0.15) is 19.8 Å². The van der Waals surface area contributed by atoms with Gasteiger partial charge in [-0.25, -0.2) is 4.57 Å². The molecule has 0 amide bonds. The highest BCUT2D eigenvalue weighted by Crippen LogP contribution is 2.43. The van der Waals surface area contributed by atoms with Gasteiger partial charge in [0.25, 0.3) is 0 Å². The van der Waals surface area contributed by atoms with Crippen LogP contribution in [0, 0.1) is 0 Å². The zero-order valence-corrected chi connectivity index (χ0v) is 36.1. The van der Waals surface area contributed by atoms with E-state index in [1.807, 2.05) is 21.1 Å². The van der Waals surface area contributed by atoms with Gasteiger partial charge in [-0.15, -0.1) is 0 Å². The van der Waals surface area contributed by atoms with E-state index >= 15 is 0 Å². The van der Waals surface area contributed by atoms with Crippen molar-refractivity contribution in [3.8, 4) is 0 Å². The number of hydrogen-bond acceptors (Lipinski definition) is 7. The molecule has 0 aliphatic heterocycles. The Labute approximate surface area is 331 Å². The van der Waals surface area contributed by atoms with Gasteiger partial charge in [-0.2, -0.15) is 0 Å². The summed E-state index contributed by atoms with van der Waals surface area (Å²) in [5.41, 5.74) is 0. The second-order valence-electron chi connectivity index (χ2n) is 15.4. The van der Waals surface area contributed by atoms with Crippen LogP contribution in [-0.4, -0.2) is 74.9 Å². The van der Waals surface area contributed by atoms with Crippen molar-refractivity contribution >= 4 is 19.8 Å². The number of carbonyl (C=O) groups excluding carboxylic acids is 2. The average molecular weight is 783 g/mol. The summed E-state index contributed by atoms with van der Waals surface area (Å²) < 4.78 is 34.2. The van der Waals surface area contributed by atoms with E-state index in [0.29, 0.717) is 23.9 Å². The molecule has 0 fully saturated rings. The number of phosphoric acid groups is 1. The Morgan fingerprint density at radius 1 is 0.574 bits per heavy atom. The molecule has 0 bridgehead atoms. The molecule has 1 unspecified atom stereocenters. The Hall–Kier alpha value is -2.03. The van der Waals surface area contributed by atoms with Gasteiger partial charge in [0, 0.05) is 12.8 Å². The minimum atomic E-state index is -4.38. The van der Waals surface area contributed by atoms with E-state index in [4.69, 9.17) is 18.5 Å². The fourth-order valence-corrected chi connectivity index (χ4v) is 6.17. The van der Waals surface area contributed by atoms with Crippen molar-refractivity contribution in [1.29, 1.82) is 0 Å². The first-order valence-corrected chi connectivity index (χ1v) is 22.9. The van der Waals surface area contributed by atoms with Gasteiger partial charge in [-0.1, -0.05) is 127 Å². The lowest BCUT2D eigenvalue weighted by Gasteiger charge is -2.24. The molecule has 314 valence electrons. The summed E-state index contributed by atoms with van der Waals surface area (Å²) in [5.74, 6) is -0.851. The number of allylic oxidation sites excluding steroid dienone is 8. The largest absolute Gasteiger partial charge is 0.472 e. The van der Waals surface area contributed by atoms with Crippen LogP contribution in [0.3, 0.4) is 0 Å². The molecule has 0 aromatic carbocycles. The summed E-state index contributed by atoms with van der Waals surface area (Å²) >= 11 is 0. The molecule has 0 radical (unpaired) electrons. The fourth-order valence-electron chi connectivity index (χ4n) is 5.43. The number of esters is 2. The molecule has 0 aromatic rings. The van der Waals surface area contributed by atoms with E-state index in [0.717, 1.165) is 57.8 Å². The molecule has 0 rings (SSSR count). The standard InChI is InChI=1S/C44H80NO8P/c1-6-8-10-12-14-16-18-20-22-24-26-28-30-32-34-36-43(46)50-40-42(41-52-54(48,49)51-39-38-45(3,4)5)53-44(47)37-35-33-31-29-27-25-23-21-19-17-15-13-11-9-7-2/h14,16-17,19-20,22,26,28,42H,6-13,15,18,21,23-25,27,29-41H2,1-5H3/p+1/b16-14-,19-17-,22-20-,28-26-/t42-/m1/s1. The van der Waals surface area contributed by atoms with E-state index in [-0.39, 0.29) is 26.1 Å². The number of ether oxygens (including phenoxy) is 2. The molecule has 0 spiro atoms.